The number of nitrogens with zero attached hydrogens (tertiary/aromatic N) is 2. The van der Waals surface area contributed by atoms with Crippen molar-refractivity contribution < 1.29 is 9.53 Å². The Kier molecular flexibility index (Phi) is 3.86. The van der Waals surface area contributed by atoms with Gasteiger partial charge in [0.05, 0.1) is 6.20 Å². The number of ether oxygens (including phenoxy) is 1. The molecule has 0 amide bonds. The minimum Gasteiger partial charge on any atom is -0.456 e. The third kappa shape index (κ3) is 3.40. The minimum atomic E-state index is 0.338. The number of carbonyl (C=O) groups excluding carboxylic acids is 1. The molecule has 1 aromatic heterocycles. The van der Waals surface area contributed by atoms with Crippen molar-refractivity contribution >= 4 is 11.6 Å². The van der Waals surface area contributed by atoms with Gasteiger partial charge in [0, 0.05) is 25.9 Å². The van der Waals surface area contributed by atoms with Gasteiger partial charge < -0.3 is 9.64 Å². The maximum atomic E-state index is 11.3. The Morgan fingerprint density at radius 1 is 1.00 bits per heavy atom. The van der Waals surface area contributed by atoms with Crippen LogP contribution < -0.4 is 9.64 Å². The molecular formula is C17H18N2O2. The lowest BCUT2D eigenvalue weighted by Crippen LogP contribution is -2.34. The SMILES string of the molecule is Cc1ccc(Oc2ccc(N3CCC(=O)CC3)nc2)cc1. The van der Waals surface area contributed by atoms with Crippen LogP contribution in [0, 0.1) is 6.92 Å². The number of piperidine rings is 1. The largest absolute Gasteiger partial charge is 0.456 e. The molecule has 0 bridgehead atoms. The number of aromatic nitrogens is 1. The van der Waals surface area contributed by atoms with E-state index in [2.05, 4.69) is 9.88 Å². The molecule has 0 N–H and O–H groups in total. The van der Waals surface area contributed by atoms with Crippen LogP contribution in [0.3, 0.4) is 0 Å². The van der Waals surface area contributed by atoms with E-state index < -0.39 is 0 Å². The van der Waals surface area contributed by atoms with E-state index in [0.29, 0.717) is 18.6 Å². The Bertz CT molecular complexity index is 610. The number of benzene rings is 1. The average Bonchev–Trinajstić information content (AvgIpc) is 2.51. The molecule has 1 aromatic carbocycles. The summed E-state index contributed by atoms with van der Waals surface area (Å²) >= 11 is 0. The molecule has 4 heteroatoms. The minimum absolute atomic E-state index is 0.338. The van der Waals surface area contributed by atoms with Crippen molar-refractivity contribution in [1.29, 1.82) is 0 Å². The molecule has 1 fully saturated rings. The number of hydrogen-bond acceptors (Lipinski definition) is 4. The van der Waals surface area contributed by atoms with Crippen molar-refractivity contribution in [2.45, 2.75) is 19.8 Å². The predicted octanol–water partition coefficient (Wildman–Crippen LogP) is 3.35. The lowest BCUT2D eigenvalue weighted by molar-refractivity contribution is -0.119. The number of ketones is 1. The van der Waals surface area contributed by atoms with Crippen LogP contribution in [-0.4, -0.2) is 23.9 Å². The van der Waals surface area contributed by atoms with Gasteiger partial charge in [0.15, 0.2) is 0 Å². The third-order valence-corrected chi connectivity index (χ3v) is 3.62. The standard InChI is InChI=1S/C17H18N2O2/c1-13-2-4-15(5-3-13)21-16-6-7-17(18-12-16)19-10-8-14(20)9-11-19/h2-7,12H,8-11H2,1H3. The number of pyridine rings is 1. The lowest BCUT2D eigenvalue weighted by Gasteiger charge is -2.26. The molecule has 21 heavy (non-hydrogen) atoms. The van der Waals surface area contributed by atoms with Crippen LogP contribution in [0.25, 0.3) is 0 Å². The average molecular weight is 282 g/mol. The molecule has 3 rings (SSSR count). The van der Waals surface area contributed by atoms with Gasteiger partial charge in [-0.2, -0.15) is 0 Å². The Morgan fingerprint density at radius 2 is 1.67 bits per heavy atom. The molecule has 0 aliphatic carbocycles. The molecule has 2 heterocycles. The number of rotatable bonds is 3. The van der Waals surface area contributed by atoms with Crippen molar-refractivity contribution in [3.8, 4) is 11.5 Å². The normalized spacial score (nSPS) is 15.1. The number of anilines is 1. The van der Waals surface area contributed by atoms with Gasteiger partial charge in [-0.25, -0.2) is 4.98 Å². The summed E-state index contributed by atoms with van der Waals surface area (Å²) in [5.74, 6) is 2.76. The Labute approximate surface area is 124 Å². The number of hydrogen-bond donors (Lipinski definition) is 0. The first-order valence-electron chi connectivity index (χ1n) is 7.18. The van der Waals surface area contributed by atoms with E-state index in [0.717, 1.165) is 30.4 Å². The van der Waals surface area contributed by atoms with Gasteiger partial charge >= 0.3 is 0 Å². The smallest absolute Gasteiger partial charge is 0.145 e. The highest BCUT2D eigenvalue weighted by molar-refractivity contribution is 5.80. The second-order valence-corrected chi connectivity index (χ2v) is 5.29. The summed E-state index contributed by atoms with van der Waals surface area (Å²) in [6, 6.07) is 11.8. The van der Waals surface area contributed by atoms with Gasteiger partial charge in [-0.3, -0.25) is 4.79 Å². The first-order chi connectivity index (χ1) is 10.2. The van der Waals surface area contributed by atoms with Gasteiger partial charge in [-0.05, 0) is 31.2 Å². The Balaban J connectivity index is 1.66. The van der Waals surface area contributed by atoms with Crippen LogP contribution in [0.1, 0.15) is 18.4 Å². The van der Waals surface area contributed by atoms with Gasteiger partial charge in [0.25, 0.3) is 0 Å². The van der Waals surface area contributed by atoms with E-state index in [9.17, 15) is 4.79 Å². The zero-order chi connectivity index (χ0) is 14.7. The number of carbonyl (C=O) groups is 1. The van der Waals surface area contributed by atoms with Gasteiger partial charge in [-0.1, -0.05) is 17.7 Å². The van der Waals surface area contributed by atoms with Crippen molar-refractivity contribution in [1.82, 2.24) is 4.98 Å². The van der Waals surface area contributed by atoms with Crippen molar-refractivity contribution in [2.24, 2.45) is 0 Å². The summed E-state index contributed by atoms with van der Waals surface area (Å²) in [5, 5.41) is 0. The maximum absolute atomic E-state index is 11.3. The highest BCUT2D eigenvalue weighted by atomic mass is 16.5. The number of aryl methyl sites for hydroxylation is 1. The molecule has 1 saturated heterocycles. The molecule has 4 nitrogen and oxygen atoms in total. The van der Waals surface area contributed by atoms with Crippen LogP contribution in [0.5, 0.6) is 11.5 Å². The quantitative estimate of drug-likeness (QED) is 0.865. The second-order valence-electron chi connectivity index (χ2n) is 5.29. The molecule has 0 atom stereocenters. The summed E-state index contributed by atoms with van der Waals surface area (Å²) in [6.07, 6.45) is 2.96. The van der Waals surface area contributed by atoms with Crippen LogP contribution in [0.2, 0.25) is 0 Å². The summed E-state index contributed by atoms with van der Waals surface area (Å²) in [7, 11) is 0. The van der Waals surface area contributed by atoms with Crippen molar-refractivity contribution in [2.75, 3.05) is 18.0 Å². The topological polar surface area (TPSA) is 42.4 Å². The second kappa shape index (κ2) is 5.95. The number of Topliss-reactive ketones (excluding diaryl/α,β-unsaturated/α-hetero) is 1. The van der Waals surface area contributed by atoms with E-state index >= 15 is 0 Å². The fourth-order valence-electron chi connectivity index (χ4n) is 2.35. The molecule has 1 aliphatic rings. The third-order valence-electron chi connectivity index (χ3n) is 3.62. The highest BCUT2D eigenvalue weighted by Crippen LogP contribution is 2.23. The molecule has 0 spiro atoms. The molecular weight excluding hydrogens is 264 g/mol. The lowest BCUT2D eigenvalue weighted by atomic mass is 10.1. The molecule has 0 unspecified atom stereocenters. The van der Waals surface area contributed by atoms with Gasteiger partial charge in [0.2, 0.25) is 0 Å². The van der Waals surface area contributed by atoms with Gasteiger partial charge in [0.1, 0.15) is 23.1 Å². The maximum Gasteiger partial charge on any atom is 0.145 e. The molecule has 108 valence electrons. The first kappa shape index (κ1) is 13.6. The molecule has 2 aromatic rings. The molecule has 0 saturated carbocycles. The summed E-state index contributed by atoms with van der Waals surface area (Å²) in [6.45, 7) is 3.55. The first-order valence-corrected chi connectivity index (χ1v) is 7.18. The zero-order valence-corrected chi connectivity index (χ0v) is 12.1. The van der Waals surface area contributed by atoms with E-state index in [-0.39, 0.29) is 0 Å². The van der Waals surface area contributed by atoms with E-state index in [1.54, 1.807) is 6.20 Å². The van der Waals surface area contributed by atoms with Crippen LogP contribution >= 0.6 is 0 Å². The van der Waals surface area contributed by atoms with E-state index in [4.69, 9.17) is 4.74 Å². The fraction of sp³-hybridized carbons (Fsp3) is 0.294. The van der Waals surface area contributed by atoms with Crippen LogP contribution in [0.15, 0.2) is 42.6 Å². The zero-order valence-electron chi connectivity index (χ0n) is 12.1. The van der Waals surface area contributed by atoms with Gasteiger partial charge in [-0.15, -0.1) is 0 Å². The summed E-state index contributed by atoms with van der Waals surface area (Å²) < 4.78 is 5.76. The molecule has 1 aliphatic heterocycles. The summed E-state index contributed by atoms with van der Waals surface area (Å²) in [4.78, 5) is 17.8. The molecule has 0 radical (unpaired) electrons. The highest BCUT2D eigenvalue weighted by Gasteiger charge is 2.17. The van der Waals surface area contributed by atoms with Crippen molar-refractivity contribution in [3.63, 3.8) is 0 Å². The van der Waals surface area contributed by atoms with Crippen LogP contribution in [-0.2, 0) is 4.79 Å². The monoisotopic (exact) mass is 282 g/mol. The Hall–Kier alpha value is -2.36. The van der Waals surface area contributed by atoms with Crippen molar-refractivity contribution in [3.05, 3.63) is 48.2 Å². The van der Waals surface area contributed by atoms with E-state index in [1.165, 1.54) is 5.56 Å². The Morgan fingerprint density at radius 3 is 2.29 bits per heavy atom. The fourth-order valence-corrected chi connectivity index (χ4v) is 2.35. The summed E-state index contributed by atoms with van der Waals surface area (Å²) in [5.41, 5.74) is 1.20. The van der Waals surface area contributed by atoms with Crippen LogP contribution in [0.4, 0.5) is 5.82 Å². The van der Waals surface area contributed by atoms with E-state index in [1.807, 2.05) is 43.3 Å². The predicted molar refractivity (Wildman–Crippen MR) is 81.9 cm³/mol.